The number of thiazole rings is 1. The van der Waals surface area contributed by atoms with Crippen LogP contribution in [0.5, 0.6) is 0 Å². The van der Waals surface area contributed by atoms with E-state index in [4.69, 9.17) is 4.98 Å². The monoisotopic (exact) mass is 226 g/mol. The van der Waals surface area contributed by atoms with E-state index in [1.165, 1.54) is 22.0 Å². The molecule has 0 saturated carbocycles. The summed E-state index contributed by atoms with van der Waals surface area (Å²) in [5.41, 5.74) is 1.29. The maximum absolute atomic E-state index is 4.70. The summed E-state index contributed by atoms with van der Waals surface area (Å²) in [6, 6.07) is 0. The Labute approximate surface area is 97.1 Å². The lowest BCUT2D eigenvalue weighted by Gasteiger charge is -2.00. The number of hydrogen-bond acceptors (Lipinski definition) is 3. The standard InChI is InChI=1S/C12H22N2S/c1-5-10-11(8-13-4)15-12(14-10)7-6-9(2)3/h9,13H,5-8H2,1-4H3. The summed E-state index contributed by atoms with van der Waals surface area (Å²) in [7, 11) is 1.99. The lowest BCUT2D eigenvalue weighted by Crippen LogP contribution is -2.05. The Hall–Kier alpha value is -0.410. The minimum Gasteiger partial charge on any atom is -0.315 e. The second kappa shape index (κ2) is 6.23. The van der Waals surface area contributed by atoms with E-state index in [1.54, 1.807) is 0 Å². The van der Waals surface area contributed by atoms with Crippen LogP contribution in [0.1, 0.15) is 42.8 Å². The van der Waals surface area contributed by atoms with E-state index < -0.39 is 0 Å². The molecule has 3 heteroatoms. The van der Waals surface area contributed by atoms with Crippen LogP contribution in [0.3, 0.4) is 0 Å². The van der Waals surface area contributed by atoms with Crippen LogP contribution in [-0.2, 0) is 19.4 Å². The number of aryl methyl sites for hydroxylation is 2. The highest BCUT2D eigenvalue weighted by Gasteiger charge is 2.09. The van der Waals surface area contributed by atoms with Gasteiger partial charge in [-0.15, -0.1) is 11.3 Å². The SMILES string of the molecule is CCc1nc(CCC(C)C)sc1CNC. The third-order valence-electron chi connectivity index (χ3n) is 2.43. The zero-order chi connectivity index (χ0) is 11.3. The van der Waals surface area contributed by atoms with Gasteiger partial charge in [0.2, 0.25) is 0 Å². The Balaban J connectivity index is 2.65. The molecule has 2 nitrogen and oxygen atoms in total. The quantitative estimate of drug-likeness (QED) is 0.806. The number of hydrogen-bond donors (Lipinski definition) is 1. The lowest BCUT2D eigenvalue weighted by atomic mass is 10.1. The highest BCUT2D eigenvalue weighted by Crippen LogP contribution is 2.21. The molecule has 1 aromatic heterocycles. The van der Waals surface area contributed by atoms with E-state index in [-0.39, 0.29) is 0 Å². The molecule has 0 aliphatic rings. The summed E-state index contributed by atoms with van der Waals surface area (Å²) in [6.45, 7) is 7.68. The van der Waals surface area contributed by atoms with Gasteiger partial charge in [-0.05, 0) is 32.2 Å². The summed E-state index contributed by atoms with van der Waals surface area (Å²) in [6.07, 6.45) is 3.43. The molecule has 0 aromatic carbocycles. The lowest BCUT2D eigenvalue weighted by molar-refractivity contribution is 0.585. The average molecular weight is 226 g/mol. The zero-order valence-electron chi connectivity index (χ0n) is 10.3. The molecule has 0 aliphatic heterocycles. The smallest absolute Gasteiger partial charge is 0.0931 e. The van der Waals surface area contributed by atoms with E-state index in [2.05, 4.69) is 26.1 Å². The van der Waals surface area contributed by atoms with E-state index in [1.807, 2.05) is 18.4 Å². The molecule has 1 aromatic rings. The fourth-order valence-corrected chi connectivity index (χ4v) is 2.72. The van der Waals surface area contributed by atoms with Gasteiger partial charge >= 0.3 is 0 Å². The molecular formula is C12H22N2S. The van der Waals surface area contributed by atoms with Crippen LogP contribution < -0.4 is 5.32 Å². The van der Waals surface area contributed by atoms with Crippen molar-refractivity contribution in [1.82, 2.24) is 10.3 Å². The number of aromatic nitrogens is 1. The van der Waals surface area contributed by atoms with Crippen LogP contribution in [0, 0.1) is 5.92 Å². The third kappa shape index (κ3) is 3.92. The molecule has 1 heterocycles. The zero-order valence-corrected chi connectivity index (χ0v) is 11.1. The minimum atomic E-state index is 0.770. The third-order valence-corrected chi connectivity index (χ3v) is 3.59. The maximum atomic E-state index is 4.70. The van der Waals surface area contributed by atoms with Crippen LogP contribution >= 0.6 is 11.3 Å². The second-order valence-electron chi connectivity index (χ2n) is 4.29. The molecular weight excluding hydrogens is 204 g/mol. The summed E-state index contributed by atoms with van der Waals surface area (Å²) >= 11 is 1.88. The van der Waals surface area contributed by atoms with Gasteiger partial charge in [0, 0.05) is 11.4 Å². The first-order chi connectivity index (χ1) is 7.17. The summed E-state index contributed by atoms with van der Waals surface area (Å²) in [5, 5.41) is 4.52. The molecule has 1 rings (SSSR count). The van der Waals surface area contributed by atoms with Crippen molar-refractivity contribution >= 4 is 11.3 Å². The van der Waals surface area contributed by atoms with Crippen molar-refractivity contribution in [2.75, 3.05) is 7.05 Å². The highest BCUT2D eigenvalue weighted by atomic mass is 32.1. The van der Waals surface area contributed by atoms with Crippen molar-refractivity contribution in [3.8, 4) is 0 Å². The van der Waals surface area contributed by atoms with E-state index in [0.717, 1.165) is 25.3 Å². The first kappa shape index (κ1) is 12.7. The van der Waals surface area contributed by atoms with Crippen LogP contribution in [-0.4, -0.2) is 12.0 Å². The van der Waals surface area contributed by atoms with Crippen LogP contribution in [0.15, 0.2) is 0 Å². The fraction of sp³-hybridized carbons (Fsp3) is 0.750. The minimum absolute atomic E-state index is 0.770. The molecule has 0 spiro atoms. The molecule has 1 N–H and O–H groups in total. The van der Waals surface area contributed by atoms with Gasteiger partial charge in [-0.25, -0.2) is 4.98 Å². The molecule has 0 unspecified atom stereocenters. The fourth-order valence-electron chi connectivity index (χ4n) is 1.53. The van der Waals surface area contributed by atoms with Gasteiger partial charge in [0.15, 0.2) is 0 Å². The molecule has 0 atom stereocenters. The van der Waals surface area contributed by atoms with Gasteiger partial charge in [-0.2, -0.15) is 0 Å². The van der Waals surface area contributed by atoms with Crippen molar-refractivity contribution in [3.63, 3.8) is 0 Å². The van der Waals surface area contributed by atoms with Gasteiger partial charge in [0.05, 0.1) is 10.7 Å². The first-order valence-corrected chi connectivity index (χ1v) is 6.61. The normalized spacial score (nSPS) is 11.3. The van der Waals surface area contributed by atoms with Gasteiger partial charge < -0.3 is 5.32 Å². The van der Waals surface area contributed by atoms with Crippen LogP contribution in [0.25, 0.3) is 0 Å². The Morgan fingerprint density at radius 3 is 2.67 bits per heavy atom. The van der Waals surface area contributed by atoms with E-state index in [9.17, 15) is 0 Å². The molecule has 0 amide bonds. The van der Waals surface area contributed by atoms with Crippen LogP contribution in [0.4, 0.5) is 0 Å². The Morgan fingerprint density at radius 1 is 1.40 bits per heavy atom. The van der Waals surface area contributed by atoms with Gasteiger partial charge in [0.25, 0.3) is 0 Å². The maximum Gasteiger partial charge on any atom is 0.0931 e. The largest absolute Gasteiger partial charge is 0.315 e. The Morgan fingerprint density at radius 2 is 2.13 bits per heavy atom. The van der Waals surface area contributed by atoms with Gasteiger partial charge in [-0.1, -0.05) is 20.8 Å². The molecule has 0 fully saturated rings. The van der Waals surface area contributed by atoms with Gasteiger partial charge in [0.1, 0.15) is 0 Å². The van der Waals surface area contributed by atoms with Crippen molar-refractivity contribution < 1.29 is 0 Å². The number of nitrogens with one attached hydrogen (secondary N) is 1. The molecule has 15 heavy (non-hydrogen) atoms. The molecule has 86 valence electrons. The molecule has 0 radical (unpaired) electrons. The van der Waals surface area contributed by atoms with Crippen LogP contribution in [0.2, 0.25) is 0 Å². The van der Waals surface area contributed by atoms with Crippen molar-refractivity contribution in [2.45, 2.75) is 46.6 Å². The topological polar surface area (TPSA) is 24.9 Å². The predicted octanol–water partition coefficient (Wildman–Crippen LogP) is 3.01. The van der Waals surface area contributed by atoms with Gasteiger partial charge in [-0.3, -0.25) is 0 Å². The van der Waals surface area contributed by atoms with E-state index in [0.29, 0.717) is 0 Å². The van der Waals surface area contributed by atoms with Crippen molar-refractivity contribution in [2.24, 2.45) is 5.92 Å². The Kier molecular flexibility index (Phi) is 5.26. The molecule has 0 bridgehead atoms. The van der Waals surface area contributed by atoms with Crippen molar-refractivity contribution in [1.29, 1.82) is 0 Å². The average Bonchev–Trinajstić information content (AvgIpc) is 2.58. The van der Waals surface area contributed by atoms with Crippen molar-refractivity contribution in [3.05, 3.63) is 15.6 Å². The van der Waals surface area contributed by atoms with E-state index >= 15 is 0 Å². The summed E-state index contributed by atoms with van der Waals surface area (Å²) in [4.78, 5) is 6.11. The Bertz CT molecular complexity index is 292. The molecule has 0 saturated heterocycles. The second-order valence-corrected chi connectivity index (χ2v) is 5.46. The number of nitrogens with zero attached hydrogens (tertiary/aromatic N) is 1. The summed E-state index contributed by atoms with van der Waals surface area (Å²) in [5.74, 6) is 0.770. The molecule has 0 aliphatic carbocycles. The summed E-state index contributed by atoms with van der Waals surface area (Å²) < 4.78 is 0. The number of rotatable bonds is 6. The highest BCUT2D eigenvalue weighted by molar-refractivity contribution is 7.11. The first-order valence-electron chi connectivity index (χ1n) is 5.79. The predicted molar refractivity (Wildman–Crippen MR) is 67.4 cm³/mol.